The van der Waals surface area contributed by atoms with Crippen molar-refractivity contribution in [2.24, 2.45) is 7.05 Å². The maximum Gasteiger partial charge on any atom is 0.416 e. The summed E-state index contributed by atoms with van der Waals surface area (Å²) in [5.41, 5.74) is 0.490. The first-order valence-corrected chi connectivity index (χ1v) is 9.54. The van der Waals surface area contributed by atoms with E-state index >= 15 is 0 Å². The van der Waals surface area contributed by atoms with Crippen LogP contribution in [0, 0.1) is 0 Å². The van der Waals surface area contributed by atoms with Crippen LogP contribution in [0.3, 0.4) is 0 Å². The van der Waals surface area contributed by atoms with E-state index in [0.717, 1.165) is 17.6 Å². The molecule has 0 amide bonds. The van der Waals surface area contributed by atoms with Crippen molar-refractivity contribution in [3.05, 3.63) is 70.5 Å². The number of halogens is 3. The summed E-state index contributed by atoms with van der Waals surface area (Å²) in [4.78, 5) is 28.5. The topological polar surface area (TPSA) is 92.2 Å². The number of carbonyl (C=O) groups excluding carboxylic acids is 1. The molecule has 2 aromatic carbocycles. The smallest absolute Gasteiger partial charge is 0.416 e. The lowest BCUT2D eigenvalue weighted by atomic mass is 10.1. The molecule has 0 atom stereocenters. The molecule has 0 aliphatic rings. The normalized spacial score (nSPS) is 11.8. The van der Waals surface area contributed by atoms with Crippen molar-refractivity contribution in [1.29, 1.82) is 0 Å². The number of esters is 1. The minimum absolute atomic E-state index is 0.0514. The van der Waals surface area contributed by atoms with Gasteiger partial charge in [0.25, 0.3) is 5.89 Å². The molecule has 0 radical (unpaired) electrons. The van der Waals surface area contributed by atoms with Crippen molar-refractivity contribution in [2.45, 2.75) is 25.7 Å². The summed E-state index contributed by atoms with van der Waals surface area (Å²) in [5.74, 6) is -0.707. The van der Waals surface area contributed by atoms with E-state index in [2.05, 4.69) is 10.1 Å². The molecule has 0 spiro atoms. The van der Waals surface area contributed by atoms with E-state index in [-0.39, 0.29) is 42.5 Å². The molecule has 2 heterocycles. The fourth-order valence-corrected chi connectivity index (χ4v) is 3.26. The van der Waals surface area contributed by atoms with Crippen LogP contribution >= 0.6 is 0 Å². The van der Waals surface area contributed by atoms with Crippen molar-refractivity contribution in [3.63, 3.8) is 0 Å². The SMILES string of the molecule is Cn1c(=O)n(CCC(=O)OCc2nc(-c3cccc(C(F)(F)F)c3)no2)c2ccccc21. The second-order valence-electron chi connectivity index (χ2n) is 6.98. The highest BCUT2D eigenvalue weighted by molar-refractivity contribution is 5.76. The summed E-state index contributed by atoms with van der Waals surface area (Å²) in [7, 11) is 1.65. The maximum atomic E-state index is 12.9. The standard InChI is InChI=1S/C21H17F3N4O4/c1-27-15-7-2-3-8-16(15)28(20(27)30)10-9-18(29)31-12-17-25-19(26-32-17)13-5-4-6-14(11-13)21(22,23)24/h2-8,11H,9-10,12H2,1H3. The molecule has 0 aliphatic heterocycles. The molecule has 0 saturated heterocycles. The zero-order valence-corrected chi connectivity index (χ0v) is 16.8. The highest BCUT2D eigenvalue weighted by Gasteiger charge is 2.30. The van der Waals surface area contributed by atoms with Crippen molar-refractivity contribution in [3.8, 4) is 11.4 Å². The first-order chi connectivity index (χ1) is 15.2. The molecule has 0 bridgehead atoms. The van der Waals surface area contributed by atoms with Crippen LogP contribution in [0.15, 0.2) is 57.8 Å². The lowest BCUT2D eigenvalue weighted by molar-refractivity contribution is -0.146. The Hall–Kier alpha value is -3.89. The third-order valence-corrected chi connectivity index (χ3v) is 4.86. The van der Waals surface area contributed by atoms with Gasteiger partial charge in [-0.1, -0.05) is 29.4 Å². The predicted molar refractivity (Wildman–Crippen MR) is 106 cm³/mol. The number of fused-ring (bicyclic) bond motifs is 1. The van der Waals surface area contributed by atoms with E-state index in [0.29, 0.717) is 5.52 Å². The molecule has 0 N–H and O–H groups in total. The zero-order valence-electron chi connectivity index (χ0n) is 16.8. The van der Waals surface area contributed by atoms with Gasteiger partial charge in [-0.3, -0.25) is 13.9 Å². The van der Waals surface area contributed by atoms with Gasteiger partial charge in [0, 0.05) is 19.2 Å². The third-order valence-electron chi connectivity index (χ3n) is 4.86. The van der Waals surface area contributed by atoms with Crippen molar-refractivity contribution < 1.29 is 27.2 Å². The predicted octanol–water partition coefficient (Wildman–Crippen LogP) is 3.54. The highest BCUT2D eigenvalue weighted by Crippen LogP contribution is 2.31. The van der Waals surface area contributed by atoms with Crippen molar-refractivity contribution >= 4 is 17.0 Å². The number of aryl methyl sites for hydroxylation is 2. The van der Waals surface area contributed by atoms with Crippen LogP contribution in [0.2, 0.25) is 0 Å². The monoisotopic (exact) mass is 446 g/mol. The van der Waals surface area contributed by atoms with Crippen LogP contribution in [0.1, 0.15) is 17.9 Å². The molecule has 11 heteroatoms. The number of para-hydroxylation sites is 2. The Balaban J connectivity index is 1.38. The molecule has 2 aromatic heterocycles. The number of hydrogen-bond donors (Lipinski definition) is 0. The highest BCUT2D eigenvalue weighted by atomic mass is 19.4. The molecule has 4 rings (SSSR count). The minimum Gasteiger partial charge on any atom is -0.456 e. The summed E-state index contributed by atoms with van der Waals surface area (Å²) in [6, 6.07) is 11.7. The second-order valence-corrected chi connectivity index (χ2v) is 6.98. The average Bonchev–Trinajstić information content (AvgIpc) is 3.34. The first-order valence-electron chi connectivity index (χ1n) is 9.54. The van der Waals surface area contributed by atoms with Gasteiger partial charge in [0.2, 0.25) is 5.82 Å². The summed E-state index contributed by atoms with van der Waals surface area (Å²) >= 11 is 0. The Morgan fingerprint density at radius 3 is 2.62 bits per heavy atom. The number of nitrogens with zero attached hydrogens (tertiary/aromatic N) is 4. The minimum atomic E-state index is -4.50. The Kier molecular flexibility index (Phi) is 5.56. The number of carbonyl (C=O) groups is 1. The third kappa shape index (κ3) is 4.27. The van der Waals surface area contributed by atoms with Crippen molar-refractivity contribution in [2.75, 3.05) is 0 Å². The maximum absolute atomic E-state index is 12.9. The molecule has 0 fully saturated rings. The van der Waals surface area contributed by atoms with E-state index in [1.807, 2.05) is 12.1 Å². The van der Waals surface area contributed by atoms with E-state index in [9.17, 15) is 22.8 Å². The van der Waals surface area contributed by atoms with Gasteiger partial charge in [0.15, 0.2) is 6.61 Å². The largest absolute Gasteiger partial charge is 0.456 e. The van der Waals surface area contributed by atoms with E-state index < -0.39 is 17.7 Å². The lowest BCUT2D eigenvalue weighted by Gasteiger charge is -2.06. The molecule has 8 nitrogen and oxygen atoms in total. The zero-order chi connectivity index (χ0) is 22.9. The fourth-order valence-electron chi connectivity index (χ4n) is 3.26. The lowest BCUT2D eigenvalue weighted by Crippen LogP contribution is -2.23. The summed E-state index contributed by atoms with van der Waals surface area (Å²) < 4.78 is 51.6. The Labute approximate surface area is 178 Å². The molecular weight excluding hydrogens is 429 g/mol. The van der Waals surface area contributed by atoms with E-state index in [1.165, 1.54) is 21.3 Å². The molecular formula is C21H17F3N4O4. The van der Waals surface area contributed by atoms with Gasteiger partial charge < -0.3 is 9.26 Å². The Morgan fingerprint density at radius 1 is 1.12 bits per heavy atom. The van der Waals surface area contributed by atoms with E-state index in [1.54, 1.807) is 19.2 Å². The van der Waals surface area contributed by atoms with Crippen molar-refractivity contribution in [1.82, 2.24) is 19.3 Å². The average molecular weight is 446 g/mol. The molecule has 0 aliphatic carbocycles. The summed E-state index contributed by atoms with van der Waals surface area (Å²) in [6.07, 6.45) is -4.56. The Bertz CT molecular complexity index is 1340. The van der Waals surface area contributed by atoms with Gasteiger partial charge in [0.05, 0.1) is 23.0 Å². The van der Waals surface area contributed by atoms with Gasteiger partial charge in [-0.05, 0) is 24.3 Å². The van der Waals surface area contributed by atoms with Crippen LogP contribution in [-0.4, -0.2) is 25.2 Å². The molecule has 32 heavy (non-hydrogen) atoms. The molecule has 0 saturated carbocycles. The van der Waals surface area contributed by atoms with Gasteiger partial charge in [-0.2, -0.15) is 18.2 Å². The van der Waals surface area contributed by atoms with Gasteiger partial charge >= 0.3 is 17.8 Å². The summed E-state index contributed by atoms with van der Waals surface area (Å²) in [5, 5.41) is 3.64. The molecule has 4 aromatic rings. The van der Waals surface area contributed by atoms with Crippen LogP contribution in [0.4, 0.5) is 13.2 Å². The summed E-state index contributed by atoms with van der Waals surface area (Å²) in [6.45, 7) is -0.215. The molecule has 0 unspecified atom stereocenters. The van der Waals surface area contributed by atoms with Gasteiger partial charge in [-0.25, -0.2) is 4.79 Å². The number of alkyl halides is 3. The number of benzene rings is 2. The van der Waals surface area contributed by atoms with Crippen LogP contribution < -0.4 is 5.69 Å². The Morgan fingerprint density at radius 2 is 1.88 bits per heavy atom. The fraction of sp³-hybridized carbons (Fsp3) is 0.238. The molecule has 166 valence electrons. The number of ether oxygens (including phenoxy) is 1. The van der Waals surface area contributed by atoms with Gasteiger partial charge in [0.1, 0.15) is 0 Å². The van der Waals surface area contributed by atoms with Crippen LogP contribution in [0.25, 0.3) is 22.4 Å². The quantitative estimate of drug-likeness (QED) is 0.421. The number of aromatic nitrogens is 4. The number of hydrogen-bond acceptors (Lipinski definition) is 6. The van der Waals surface area contributed by atoms with Crippen LogP contribution in [-0.2, 0) is 35.9 Å². The number of imidazole rings is 1. The van der Waals surface area contributed by atoms with E-state index in [4.69, 9.17) is 9.26 Å². The number of rotatable bonds is 6. The first kappa shape index (κ1) is 21.3. The second kappa shape index (κ2) is 8.33. The van der Waals surface area contributed by atoms with Gasteiger partial charge in [-0.15, -0.1) is 0 Å². The van der Waals surface area contributed by atoms with Crippen LogP contribution in [0.5, 0.6) is 0 Å².